The minimum atomic E-state index is -1.05. The molecule has 0 saturated heterocycles. The molecule has 1 saturated carbocycles. The Morgan fingerprint density at radius 1 is 1.19 bits per heavy atom. The van der Waals surface area contributed by atoms with Crippen molar-refractivity contribution in [2.45, 2.75) is 52.4 Å². The number of hydrogen-bond donors (Lipinski definition) is 3. The van der Waals surface area contributed by atoms with Crippen LogP contribution in [0.2, 0.25) is 0 Å². The van der Waals surface area contributed by atoms with Gasteiger partial charge >= 0.3 is 5.97 Å². The van der Waals surface area contributed by atoms with Gasteiger partial charge in [0.05, 0.1) is 17.5 Å². The summed E-state index contributed by atoms with van der Waals surface area (Å²) in [5.74, 6) is -2.47. The third-order valence-electron chi connectivity index (χ3n) is 5.08. The lowest BCUT2D eigenvalue weighted by Crippen LogP contribution is -2.42. The van der Waals surface area contributed by atoms with Gasteiger partial charge in [-0.15, -0.1) is 0 Å². The molecule has 7 heteroatoms. The summed E-state index contributed by atoms with van der Waals surface area (Å²) in [7, 11) is 0. The third-order valence-corrected chi connectivity index (χ3v) is 5.08. The lowest BCUT2D eigenvalue weighted by Gasteiger charge is -2.37. The van der Waals surface area contributed by atoms with Crippen molar-refractivity contribution >= 4 is 29.2 Å². The molecule has 2 rings (SSSR count). The predicted octanol–water partition coefficient (Wildman–Crippen LogP) is 3.78. The molecule has 1 aliphatic carbocycles. The van der Waals surface area contributed by atoms with E-state index in [4.69, 9.17) is 0 Å². The first-order chi connectivity index (χ1) is 12.2. The van der Waals surface area contributed by atoms with Crippen molar-refractivity contribution in [3.05, 3.63) is 24.0 Å². The van der Waals surface area contributed by atoms with Gasteiger partial charge in [0, 0.05) is 12.6 Å². The second kappa shape index (κ2) is 8.29. The molecule has 142 valence electrons. The molecule has 1 aromatic carbocycles. The quantitative estimate of drug-likeness (QED) is 0.716. The lowest BCUT2D eigenvalue weighted by molar-refractivity contribution is -0.145. The van der Waals surface area contributed by atoms with E-state index in [9.17, 15) is 23.9 Å². The molecule has 26 heavy (non-hydrogen) atoms. The van der Waals surface area contributed by atoms with Crippen LogP contribution < -0.4 is 10.6 Å². The van der Waals surface area contributed by atoms with Gasteiger partial charge in [-0.1, -0.05) is 19.3 Å². The summed E-state index contributed by atoms with van der Waals surface area (Å²) in [6.07, 6.45) is 4.44. The van der Waals surface area contributed by atoms with Crippen molar-refractivity contribution in [1.82, 2.24) is 0 Å². The van der Waals surface area contributed by atoms with Gasteiger partial charge in [0.1, 0.15) is 5.82 Å². The highest BCUT2D eigenvalue weighted by molar-refractivity contribution is 5.98. The molecule has 6 nitrogen and oxygen atoms in total. The van der Waals surface area contributed by atoms with Crippen LogP contribution in [0, 0.1) is 17.2 Å². The molecule has 1 unspecified atom stereocenters. The van der Waals surface area contributed by atoms with E-state index in [0.717, 1.165) is 38.2 Å². The molecule has 0 aromatic heterocycles. The zero-order chi connectivity index (χ0) is 19.3. The number of nitrogens with one attached hydrogen (secondary N) is 2. The van der Waals surface area contributed by atoms with Gasteiger partial charge in [0.2, 0.25) is 11.8 Å². The van der Waals surface area contributed by atoms with Gasteiger partial charge in [0.25, 0.3) is 0 Å². The molecule has 1 aromatic rings. The van der Waals surface area contributed by atoms with Gasteiger partial charge in [-0.25, -0.2) is 4.39 Å². The Balaban J connectivity index is 2.23. The number of aliphatic carboxylic acids is 1. The van der Waals surface area contributed by atoms with Crippen LogP contribution in [0.5, 0.6) is 0 Å². The Labute approximate surface area is 152 Å². The van der Waals surface area contributed by atoms with Crippen LogP contribution in [0.3, 0.4) is 0 Å². The fourth-order valence-corrected chi connectivity index (χ4v) is 3.63. The molecule has 0 heterocycles. The summed E-state index contributed by atoms with van der Waals surface area (Å²) in [6.45, 7) is 2.95. The molecular weight excluding hydrogens is 339 g/mol. The Kier molecular flexibility index (Phi) is 6.34. The molecule has 1 fully saturated rings. The molecule has 1 atom stereocenters. The number of carbonyl (C=O) groups excluding carboxylic acids is 2. The molecule has 0 aliphatic heterocycles. The Morgan fingerprint density at radius 2 is 1.85 bits per heavy atom. The number of rotatable bonds is 6. The maximum Gasteiger partial charge on any atom is 0.304 e. The van der Waals surface area contributed by atoms with E-state index < -0.39 is 29.0 Å². The van der Waals surface area contributed by atoms with E-state index in [1.807, 2.05) is 0 Å². The number of amides is 2. The van der Waals surface area contributed by atoms with Gasteiger partial charge in [-0.05, 0) is 43.9 Å². The van der Waals surface area contributed by atoms with Crippen LogP contribution in [0.15, 0.2) is 18.2 Å². The SMILES string of the molecule is CC(=O)Nc1cc(NC(=O)C(C)(CC(=O)O)C2CCCCC2)ccc1F. The van der Waals surface area contributed by atoms with Crippen molar-refractivity contribution < 1.29 is 23.9 Å². The normalized spacial score (nSPS) is 17.2. The van der Waals surface area contributed by atoms with E-state index in [2.05, 4.69) is 10.6 Å². The maximum absolute atomic E-state index is 13.8. The van der Waals surface area contributed by atoms with Crippen molar-refractivity contribution in [2.75, 3.05) is 10.6 Å². The standard InChI is InChI=1S/C19H25FN2O4/c1-12(23)21-16-10-14(8-9-15(16)20)22-18(26)19(2,11-17(24)25)13-6-4-3-5-7-13/h8-10,13H,3-7,11H2,1-2H3,(H,21,23)(H,22,26)(H,24,25). The summed E-state index contributed by atoms with van der Waals surface area (Å²) in [5, 5.41) is 14.4. The highest BCUT2D eigenvalue weighted by Crippen LogP contribution is 2.42. The van der Waals surface area contributed by atoms with E-state index in [1.165, 1.54) is 19.1 Å². The summed E-state index contributed by atoms with van der Waals surface area (Å²) in [4.78, 5) is 35.4. The first kappa shape index (κ1) is 19.9. The average molecular weight is 364 g/mol. The number of halogens is 1. The largest absolute Gasteiger partial charge is 0.481 e. The second-order valence-corrected chi connectivity index (χ2v) is 7.15. The molecule has 0 bridgehead atoms. The predicted molar refractivity (Wildman–Crippen MR) is 96.3 cm³/mol. The summed E-state index contributed by atoms with van der Waals surface area (Å²) in [6, 6.07) is 3.87. The lowest BCUT2D eigenvalue weighted by atomic mass is 9.67. The fourth-order valence-electron chi connectivity index (χ4n) is 3.63. The van der Waals surface area contributed by atoms with Crippen LogP contribution in [0.25, 0.3) is 0 Å². The van der Waals surface area contributed by atoms with Crippen LogP contribution in [0.1, 0.15) is 52.4 Å². The summed E-state index contributed by atoms with van der Waals surface area (Å²) < 4.78 is 13.8. The first-order valence-electron chi connectivity index (χ1n) is 8.83. The van der Waals surface area contributed by atoms with E-state index in [-0.39, 0.29) is 18.0 Å². The Hall–Kier alpha value is -2.44. The van der Waals surface area contributed by atoms with Gasteiger partial charge in [0.15, 0.2) is 0 Å². The van der Waals surface area contributed by atoms with E-state index in [1.54, 1.807) is 6.92 Å². The number of anilines is 2. The van der Waals surface area contributed by atoms with Crippen LogP contribution >= 0.6 is 0 Å². The third kappa shape index (κ3) is 4.80. The Morgan fingerprint density at radius 3 is 2.42 bits per heavy atom. The first-order valence-corrected chi connectivity index (χ1v) is 8.83. The van der Waals surface area contributed by atoms with Crippen LogP contribution in [-0.2, 0) is 14.4 Å². The second-order valence-electron chi connectivity index (χ2n) is 7.15. The monoisotopic (exact) mass is 364 g/mol. The summed E-state index contributed by atoms with van der Waals surface area (Å²) >= 11 is 0. The molecular formula is C19H25FN2O4. The van der Waals surface area contributed by atoms with Gasteiger partial charge in [-0.3, -0.25) is 14.4 Å². The molecule has 3 N–H and O–H groups in total. The number of carbonyl (C=O) groups is 3. The molecule has 1 aliphatic rings. The highest BCUT2D eigenvalue weighted by atomic mass is 19.1. The number of carboxylic acid groups (broad SMARTS) is 1. The van der Waals surface area contributed by atoms with Crippen LogP contribution in [0.4, 0.5) is 15.8 Å². The number of carboxylic acids is 1. The highest BCUT2D eigenvalue weighted by Gasteiger charge is 2.43. The molecule has 0 spiro atoms. The van der Waals surface area contributed by atoms with Gasteiger partial charge < -0.3 is 15.7 Å². The topological polar surface area (TPSA) is 95.5 Å². The van der Waals surface area contributed by atoms with E-state index in [0.29, 0.717) is 5.69 Å². The molecule has 2 amide bonds. The zero-order valence-corrected chi connectivity index (χ0v) is 15.1. The fraction of sp³-hybridized carbons (Fsp3) is 0.526. The zero-order valence-electron chi connectivity index (χ0n) is 15.1. The minimum Gasteiger partial charge on any atom is -0.481 e. The minimum absolute atomic E-state index is 0.0115. The van der Waals surface area contributed by atoms with Gasteiger partial charge in [-0.2, -0.15) is 0 Å². The maximum atomic E-state index is 13.8. The number of hydrogen-bond acceptors (Lipinski definition) is 3. The van der Waals surface area contributed by atoms with Crippen molar-refractivity contribution in [1.29, 1.82) is 0 Å². The molecule has 0 radical (unpaired) electrons. The average Bonchev–Trinajstić information content (AvgIpc) is 2.57. The Bertz CT molecular complexity index is 701. The smallest absolute Gasteiger partial charge is 0.304 e. The number of benzene rings is 1. The van der Waals surface area contributed by atoms with Crippen LogP contribution in [-0.4, -0.2) is 22.9 Å². The van der Waals surface area contributed by atoms with Crippen molar-refractivity contribution in [3.8, 4) is 0 Å². The van der Waals surface area contributed by atoms with Crippen molar-refractivity contribution in [3.63, 3.8) is 0 Å². The summed E-state index contributed by atoms with van der Waals surface area (Å²) in [5.41, 5.74) is -0.769. The van der Waals surface area contributed by atoms with E-state index >= 15 is 0 Å². The van der Waals surface area contributed by atoms with Crippen molar-refractivity contribution in [2.24, 2.45) is 11.3 Å².